The number of hydrogen-bond acceptors (Lipinski definition) is 1. The molecule has 2 atom stereocenters. The highest BCUT2D eigenvalue weighted by Crippen LogP contribution is 2.36. The lowest BCUT2D eigenvalue weighted by atomic mass is 9.95. The van der Waals surface area contributed by atoms with E-state index < -0.39 is 8.32 Å². The topological polar surface area (TPSA) is 9.23 Å². The van der Waals surface area contributed by atoms with Gasteiger partial charge in [-0.05, 0) is 55.7 Å². The summed E-state index contributed by atoms with van der Waals surface area (Å²) in [5.74, 6) is 1.46. The average Bonchev–Trinajstić information content (AvgIpc) is 2.79. The Morgan fingerprint density at radius 1 is 1.20 bits per heavy atom. The van der Waals surface area contributed by atoms with E-state index in [1.54, 1.807) is 0 Å². The van der Waals surface area contributed by atoms with Crippen LogP contribution in [0.25, 0.3) is 0 Å². The van der Waals surface area contributed by atoms with E-state index in [2.05, 4.69) is 58.7 Å². The van der Waals surface area contributed by atoms with Gasteiger partial charge in [-0.25, -0.2) is 0 Å². The molecule has 20 heavy (non-hydrogen) atoms. The molecule has 0 amide bonds. The predicted octanol–water partition coefficient (Wildman–Crippen LogP) is 5.95. The molecule has 0 aromatic carbocycles. The maximum atomic E-state index is 6.20. The second-order valence-electron chi connectivity index (χ2n) is 7.67. The molecule has 116 valence electrons. The smallest absolute Gasteiger partial charge is 0.191 e. The zero-order valence-corrected chi connectivity index (χ0v) is 15.2. The van der Waals surface area contributed by atoms with Gasteiger partial charge in [0.25, 0.3) is 0 Å². The van der Waals surface area contributed by atoms with E-state index in [1.165, 1.54) is 19.3 Å². The van der Waals surface area contributed by atoms with Gasteiger partial charge in [0.15, 0.2) is 8.32 Å². The first-order chi connectivity index (χ1) is 9.28. The summed E-state index contributed by atoms with van der Waals surface area (Å²) < 4.78 is 6.20. The summed E-state index contributed by atoms with van der Waals surface area (Å²) in [4.78, 5) is 0. The molecule has 0 aromatic heterocycles. The Morgan fingerprint density at radius 3 is 2.45 bits per heavy atom. The molecule has 1 fully saturated rings. The zero-order chi connectivity index (χ0) is 15.2. The first-order valence-electron chi connectivity index (χ1n) is 8.21. The van der Waals surface area contributed by atoms with Crippen LogP contribution in [0.4, 0.5) is 0 Å². The molecule has 1 aliphatic carbocycles. The molecule has 2 heteroatoms. The third kappa shape index (κ3) is 5.21. The van der Waals surface area contributed by atoms with E-state index in [-0.39, 0.29) is 0 Å². The van der Waals surface area contributed by atoms with Crippen molar-refractivity contribution in [3.63, 3.8) is 0 Å². The molecule has 1 aliphatic rings. The number of allylic oxidation sites excluding steroid dienone is 3. The van der Waals surface area contributed by atoms with Crippen molar-refractivity contribution in [1.82, 2.24) is 0 Å². The lowest BCUT2D eigenvalue weighted by molar-refractivity contribution is 0.283. The molecule has 0 spiro atoms. The van der Waals surface area contributed by atoms with Crippen LogP contribution in [0, 0.1) is 11.8 Å². The van der Waals surface area contributed by atoms with Crippen LogP contribution >= 0.6 is 0 Å². The predicted molar refractivity (Wildman–Crippen MR) is 92.6 cm³/mol. The van der Waals surface area contributed by atoms with Crippen molar-refractivity contribution >= 4 is 8.32 Å². The Morgan fingerprint density at radius 2 is 1.85 bits per heavy atom. The van der Waals surface area contributed by atoms with Crippen LogP contribution in [-0.4, -0.2) is 14.9 Å². The van der Waals surface area contributed by atoms with Gasteiger partial charge < -0.3 is 4.43 Å². The van der Waals surface area contributed by atoms with Gasteiger partial charge in [0.1, 0.15) is 0 Å². The number of hydrogen-bond donors (Lipinski definition) is 0. The lowest BCUT2D eigenvalue weighted by Gasteiger charge is -2.36. The Bertz CT molecular complexity index is 325. The van der Waals surface area contributed by atoms with E-state index in [9.17, 15) is 0 Å². The van der Waals surface area contributed by atoms with Gasteiger partial charge in [0.05, 0.1) is 0 Å². The first kappa shape index (κ1) is 17.7. The lowest BCUT2D eigenvalue weighted by Crippen LogP contribution is -2.40. The fraction of sp³-hybridized carbons (Fsp3) is 0.778. The molecule has 0 aromatic rings. The minimum absolute atomic E-state index is 0.323. The van der Waals surface area contributed by atoms with Gasteiger partial charge in [0, 0.05) is 6.61 Å². The Labute approximate surface area is 127 Å². The van der Waals surface area contributed by atoms with Gasteiger partial charge in [-0.2, -0.15) is 0 Å². The van der Waals surface area contributed by atoms with Crippen LogP contribution in [0.5, 0.6) is 0 Å². The van der Waals surface area contributed by atoms with Crippen molar-refractivity contribution in [1.29, 1.82) is 0 Å². The molecule has 1 rings (SSSR count). The molecule has 0 saturated heterocycles. The van der Waals surface area contributed by atoms with Crippen molar-refractivity contribution in [2.45, 2.75) is 71.0 Å². The molecule has 1 saturated carbocycles. The highest BCUT2D eigenvalue weighted by atomic mass is 28.4. The van der Waals surface area contributed by atoms with E-state index in [0.29, 0.717) is 5.04 Å². The molecular formula is C18H34OSi. The molecular weight excluding hydrogens is 260 g/mol. The molecule has 0 aliphatic heterocycles. The maximum absolute atomic E-state index is 6.20. The summed E-state index contributed by atoms with van der Waals surface area (Å²) in [5, 5.41) is 0.323. The molecule has 0 bridgehead atoms. The van der Waals surface area contributed by atoms with Gasteiger partial charge in [-0.1, -0.05) is 45.4 Å². The minimum atomic E-state index is -1.54. The largest absolute Gasteiger partial charge is 0.417 e. The van der Waals surface area contributed by atoms with Gasteiger partial charge in [0.2, 0.25) is 0 Å². The highest BCUT2D eigenvalue weighted by molar-refractivity contribution is 6.74. The summed E-state index contributed by atoms with van der Waals surface area (Å²) in [6.07, 6.45) is 13.3. The quantitative estimate of drug-likeness (QED) is 0.320. The first-order valence-corrected chi connectivity index (χ1v) is 11.1. The summed E-state index contributed by atoms with van der Waals surface area (Å²) in [5.41, 5.74) is 0. The minimum Gasteiger partial charge on any atom is -0.417 e. The number of rotatable bonds is 7. The third-order valence-corrected chi connectivity index (χ3v) is 9.63. The number of unbranched alkanes of at least 4 members (excludes halogenated alkanes) is 1. The van der Waals surface area contributed by atoms with Crippen molar-refractivity contribution in [3.8, 4) is 0 Å². The summed E-state index contributed by atoms with van der Waals surface area (Å²) in [6.45, 7) is 16.4. The van der Waals surface area contributed by atoms with Crippen molar-refractivity contribution in [3.05, 3.63) is 24.8 Å². The molecule has 0 radical (unpaired) electrons. The summed E-state index contributed by atoms with van der Waals surface area (Å²) >= 11 is 0. The maximum Gasteiger partial charge on any atom is 0.191 e. The van der Waals surface area contributed by atoms with Crippen LogP contribution in [0.3, 0.4) is 0 Å². The van der Waals surface area contributed by atoms with Crippen LogP contribution in [0.2, 0.25) is 18.1 Å². The standard InChI is InChI=1S/C18H34OSi/c1-7-16-13-11-14-17(16)12-9-8-10-15-19-20(5,6)18(2,3)4/h7,9,12,16-17H,1,8,10-11,13-15H2,2-6H3/b12-9-/t16-,17+/m1/s1. The fourth-order valence-corrected chi connectivity index (χ4v) is 3.65. The zero-order valence-electron chi connectivity index (χ0n) is 14.2. The van der Waals surface area contributed by atoms with E-state index in [1.807, 2.05) is 0 Å². The average molecular weight is 295 g/mol. The second kappa shape index (κ2) is 7.60. The van der Waals surface area contributed by atoms with E-state index >= 15 is 0 Å². The van der Waals surface area contributed by atoms with Crippen molar-refractivity contribution in [2.75, 3.05) is 6.61 Å². The summed E-state index contributed by atoms with van der Waals surface area (Å²) in [7, 11) is -1.54. The Balaban J connectivity index is 2.21. The van der Waals surface area contributed by atoms with E-state index in [4.69, 9.17) is 4.43 Å². The van der Waals surface area contributed by atoms with Crippen molar-refractivity contribution in [2.24, 2.45) is 11.8 Å². The molecule has 1 nitrogen and oxygen atoms in total. The Hall–Kier alpha value is -0.343. The molecule has 0 N–H and O–H groups in total. The summed E-state index contributed by atoms with van der Waals surface area (Å²) in [6, 6.07) is 0. The van der Waals surface area contributed by atoms with Crippen LogP contribution < -0.4 is 0 Å². The third-order valence-electron chi connectivity index (χ3n) is 5.10. The van der Waals surface area contributed by atoms with Crippen LogP contribution in [-0.2, 0) is 4.43 Å². The van der Waals surface area contributed by atoms with Gasteiger partial charge in [-0.3, -0.25) is 0 Å². The Kier molecular flexibility index (Phi) is 6.73. The second-order valence-corrected chi connectivity index (χ2v) is 12.5. The van der Waals surface area contributed by atoms with Gasteiger partial charge >= 0.3 is 0 Å². The molecule has 0 heterocycles. The normalized spacial score (nSPS) is 24.4. The molecule has 0 unspecified atom stereocenters. The monoisotopic (exact) mass is 294 g/mol. The SMILES string of the molecule is C=C[C@@H]1CCC[C@@H]1/C=C\CCCO[Si](C)(C)C(C)(C)C. The van der Waals surface area contributed by atoms with Crippen LogP contribution in [0.15, 0.2) is 24.8 Å². The van der Waals surface area contributed by atoms with Crippen molar-refractivity contribution < 1.29 is 4.43 Å². The van der Waals surface area contributed by atoms with Crippen LogP contribution in [0.1, 0.15) is 52.9 Å². The highest BCUT2D eigenvalue weighted by Gasteiger charge is 2.36. The van der Waals surface area contributed by atoms with E-state index in [0.717, 1.165) is 31.3 Å². The van der Waals surface area contributed by atoms with Gasteiger partial charge in [-0.15, -0.1) is 6.58 Å². The fourth-order valence-electron chi connectivity index (χ4n) is 2.57.